The Balaban J connectivity index is 1.39. The van der Waals surface area contributed by atoms with E-state index >= 15 is 0 Å². The van der Waals surface area contributed by atoms with Gasteiger partial charge in [0.2, 0.25) is 0 Å². The maximum absolute atomic E-state index is 12.7. The van der Waals surface area contributed by atoms with Crippen molar-refractivity contribution in [2.24, 2.45) is 0 Å². The van der Waals surface area contributed by atoms with E-state index in [1.165, 1.54) is 0 Å². The maximum Gasteiger partial charge on any atom is 0.276 e. The number of carbonyl (C=O) groups is 1. The first-order chi connectivity index (χ1) is 15.8. The van der Waals surface area contributed by atoms with Crippen molar-refractivity contribution < 1.29 is 9.53 Å². The summed E-state index contributed by atoms with van der Waals surface area (Å²) in [6, 6.07) is 15.5. The fourth-order valence-electron chi connectivity index (χ4n) is 3.50. The van der Waals surface area contributed by atoms with Crippen LogP contribution >= 0.6 is 15.9 Å². The molecular weight excluding hydrogens is 482 g/mol. The molecule has 2 aromatic heterocycles. The fraction of sp³-hybridized carbons (Fsp3) is 0.240. The number of anilines is 1. The Hall–Kier alpha value is -3.39. The highest BCUT2D eigenvalue weighted by Crippen LogP contribution is 2.22. The van der Waals surface area contributed by atoms with Gasteiger partial charge < -0.3 is 10.1 Å². The zero-order valence-electron chi connectivity index (χ0n) is 19.1. The number of amides is 1. The van der Waals surface area contributed by atoms with Crippen LogP contribution in [0.3, 0.4) is 0 Å². The third-order valence-electron chi connectivity index (χ3n) is 5.38. The molecule has 0 atom stereocenters. The van der Waals surface area contributed by atoms with Crippen LogP contribution in [0.25, 0.3) is 0 Å². The van der Waals surface area contributed by atoms with Gasteiger partial charge in [0.15, 0.2) is 12.4 Å². The highest BCUT2D eigenvalue weighted by Gasteiger charge is 2.12. The smallest absolute Gasteiger partial charge is 0.276 e. The molecule has 0 saturated carbocycles. The average Bonchev–Trinajstić information content (AvgIpc) is 3.36. The molecule has 1 amide bonds. The van der Waals surface area contributed by atoms with E-state index in [1.54, 1.807) is 16.9 Å². The number of halogens is 1. The number of aromatic nitrogens is 4. The van der Waals surface area contributed by atoms with Gasteiger partial charge in [0.25, 0.3) is 5.91 Å². The highest BCUT2D eigenvalue weighted by molar-refractivity contribution is 9.10. The number of carbonyl (C=O) groups excluding carboxylic acids is 1. The number of rotatable bonds is 7. The zero-order chi connectivity index (χ0) is 23.5. The molecule has 1 N–H and O–H groups in total. The first kappa shape index (κ1) is 22.8. The summed E-state index contributed by atoms with van der Waals surface area (Å²) in [7, 11) is 0. The summed E-state index contributed by atoms with van der Waals surface area (Å²) in [4.78, 5) is 12.7. The van der Waals surface area contributed by atoms with Gasteiger partial charge in [-0.15, -0.1) is 0 Å². The van der Waals surface area contributed by atoms with Crippen molar-refractivity contribution in [1.29, 1.82) is 0 Å². The summed E-state index contributed by atoms with van der Waals surface area (Å²) >= 11 is 3.56. The molecule has 0 unspecified atom stereocenters. The number of nitrogens with zero attached hydrogens (tertiary/aromatic N) is 4. The molecule has 4 aromatic rings. The predicted octanol–water partition coefficient (Wildman–Crippen LogP) is 5.41. The van der Waals surface area contributed by atoms with Crippen LogP contribution in [0, 0.1) is 27.7 Å². The van der Waals surface area contributed by atoms with Gasteiger partial charge in [0, 0.05) is 11.9 Å². The van der Waals surface area contributed by atoms with E-state index in [2.05, 4.69) is 31.4 Å². The van der Waals surface area contributed by atoms with E-state index in [9.17, 15) is 4.79 Å². The van der Waals surface area contributed by atoms with Gasteiger partial charge in [0.1, 0.15) is 5.75 Å². The van der Waals surface area contributed by atoms with Crippen LogP contribution in [0.15, 0.2) is 59.2 Å². The number of hydrogen-bond acceptors (Lipinski definition) is 4. The molecule has 170 valence electrons. The van der Waals surface area contributed by atoms with E-state index < -0.39 is 0 Å². The van der Waals surface area contributed by atoms with Gasteiger partial charge in [-0.25, -0.2) is 4.68 Å². The number of nitrogens with one attached hydrogen (secondary N) is 1. The Labute approximate surface area is 201 Å². The molecule has 0 aliphatic heterocycles. The van der Waals surface area contributed by atoms with Crippen molar-refractivity contribution in [3.63, 3.8) is 0 Å². The lowest BCUT2D eigenvalue weighted by molar-refractivity contribution is 0.102. The van der Waals surface area contributed by atoms with Gasteiger partial charge in [-0.1, -0.05) is 24.3 Å². The van der Waals surface area contributed by atoms with Gasteiger partial charge in [-0.3, -0.25) is 9.48 Å². The van der Waals surface area contributed by atoms with Gasteiger partial charge in [-0.05, 0) is 84.6 Å². The third-order valence-corrected chi connectivity index (χ3v) is 6.53. The number of ether oxygens (including phenoxy) is 1. The molecule has 0 spiro atoms. The molecule has 8 heteroatoms. The number of aryl methyl sites for hydroxylation is 3. The monoisotopic (exact) mass is 507 g/mol. The molecule has 33 heavy (non-hydrogen) atoms. The van der Waals surface area contributed by atoms with Crippen LogP contribution in [-0.2, 0) is 13.3 Å². The van der Waals surface area contributed by atoms with Crippen molar-refractivity contribution in [3.8, 4) is 5.75 Å². The van der Waals surface area contributed by atoms with Gasteiger partial charge in [0.05, 0.1) is 22.4 Å². The second kappa shape index (κ2) is 9.62. The topological polar surface area (TPSA) is 74.0 Å². The average molecular weight is 508 g/mol. The van der Waals surface area contributed by atoms with Gasteiger partial charge in [-0.2, -0.15) is 10.2 Å². The minimum absolute atomic E-state index is 0.227. The van der Waals surface area contributed by atoms with E-state index in [1.807, 2.05) is 74.8 Å². The summed E-state index contributed by atoms with van der Waals surface area (Å²) in [6.07, 6.45) is 1.73. The minimum Gasteiger partial charge on any atom is -0.471 e. The fourth-order valence-corrected chi connectivity index (χ4v) is 3.78. The second-order valence-electron chi connectivity index (χ2n) is 8.08. The first-order valence-corrected chi connectivity index (χ1v) is 11.4. The molecule has 0 saturated heterocycles. The second-order valence-corrected chi connectivity index (χ2v) is 8.87. The van der Waals surface area contributed by atoms with Crippen LogP contribution in [0.4, 0.5) is 5.69 Å². The van der Waals surface area contributed by atoms with Crippen LogP contribution in [0.1, 0.15) is 38.6 Å². The standard InChI is InChI=1S/C25H26BrN5O2/c1-16-8-9-17(2)23(12-16)33-15-30-11-10-22(29-30)25(32)27-21-7-5-6-20(13-21)14-31-19(4)24(26)18(3)28-31/h5-13H,14-15H2,1-4H3,(H,27,32). The molecule has 4 rings (SSSR count). The van der Waals surface area contributed by atoms with Gasteiger partial charge >= 0.3 is 0 Å². The molecule has 7 nitrogen and oxygen atoms in total. The SMILES string of the molecule is Cc1ccc(C)c(OCn2ccc(C(=O)Nc3cccc(Cn4nc(C)c(Br)c4C)c3)n2)c1. The van der Waals surface area contributed by atoms with E-state index in [0.29, 0.717) is 17.9 Å². The van der Waals surface area contributed by atoms with Crippen LogP contribution in [-0.4, -0.2) is 25.5 Å². The van der Waals surface area contributed by atoms with E-state index in [4.69, 9.17) is 4.74 Å². The Morgan fingerprint density at radius 3 is 2.64 bits per heavy atom. The molecule has 0 bridgehead atoms. The van der Waals surface area contributed by atoms with Crippen molar-refractivity contribution in [1.82, 2.24) is 19.6 Å². The normalized spacial score (nSPS) is 10.9. The van der Waals surface area contributed by atoms with Crippen molar-refractivity contribution >= 4 is 27.5 Å². The molecule has 0 aliphatic rings. The summed E-state index contributed by atoms with van der Waals surface area (Å²) in [5, 5.41) is 11.8. The lowest BCUT2D eigenvalue weighted by Gasteiger charge is -2.10. The maximum atomic E-state index is 12.7. The Bertz CT molecular complexity index is 1310. The molecule has 0 radical (unpaired) electrons. The van der Waals surface area contributed by atoms with E-state index in [-0.39, 0.29) is 12.6 Å². The Morgan fingerprint density at radius 2 is 1.88 bits per heavy atom. The minimum atomic E-state index is -0.272. The first-order valence-electron chi connectivity index (χ1n) is 10.6. The lowest BCUT2D eigenvalue weighted by Crippen LogP contribution is -2.14. The van der Waals surface area contributed by atoms with Crippen LogP contribution in [0.2, 0.25) is 0 Å². The summed E-state index contributed by atoms with van der Waals surface area (Å²) in [5.74, 6) is 0.537. The summed E-state index contributed by atoms with van der Waals surface area (Å²) < 4.78 is 10.4. The summed E-state index contributed by atoms with van der Waals surface area (Å²) in [6.45, 7) is 8.86. The van der Waals surface area contributed by atoms with E-state index in [0.717, 1.165) is 38.3 Å². The quantitative estimate of drug-likeness (QED) is 0.362. The molecule has 0 fully saturated rings. The van der Waals surface area contributed by atoms with Crippen molar-refractivity contribution in [3.05, 3.63) is 93.0 Å². The van der Waals surface area contributed by atoms with Crippen molar-refractivity contribution in [2.45, 2.75) is 41.0 Å². The highest BCUT2D eigenvalue weighted by atomic mass is 79.9. The zero-order valence-corrected chi connectivity index (χ0v) is 20.7. The van der Waals surface area contributed by atoms with Crippen molar-refractivity contribution in [2.75, 3.05) is 5.32 Å². The molecule has 0 aliphatic carbocycles. The predicted molar refractivity (Wildman–Crippen MR) is 132 cm³/mol. The van der Waals surface area contributed by atoms with Crippen LogP contribution < -0.4 is 10.1 Å². The number of benzene rings is 2. The Morgan fingerprint density at radius 1 is 1.06 bits per heavy atom. The lowest BCUT2D eigenvalue weighted by atomic mass is 10.1. The summed E-state index contributed by atoms with van der Waals surface area (Å²) in [5.41, 5.74) is 6.27. The molecular formula is C25H26BrN5O2. The largest absolute Gasteiger partial charge is 0.471 e. The van der Waals surface area contributed by atoms with Crippen LogP contribution in [0.5, 0.6) is 5.75 Å². The third kappa shape index (κ3) is 5.34. The molecule has 2 aromatic carbocycles. The molecule has 2 heterocycles. The number of hydrogen-bond donors (Lipinski definition) is 1. The Kier molecular flexibility index (Phi) is 6.65.